The maximum atomic E-state index is 11.8. The summed E-state index contributed by atoms with van der Waals surface area (Å²) in [5.41, 5.74) is 4.51. The fourth-order valence-electron chi connectivity index (χ4n) is 2.10. The normalized spacial score (nSPS) is 10.2. The first-order chi connectivity index (χ1) is 10.1. The standard InChI is InChI=1S/C18H21NO2/c1-13-6-4-8-16(10-13)11-19-18(20)12-21-17-9-5-7-14(2)15(17)3/h4-10H,11-12H2,1-3H3,(H,19,20). The van der Waals surface area contributed by atoms with Gasteiger partial charge in [0.05, 0.1) is 0 Å². The number of carbonyl (C=O) groups excluding carboxylic acids is 1. The SMILES string of the molecule is Cc1cccc(CNC(=O)COc2cccc(C)c2C)c1. The van der Waals surface area contributed by atoms with Crippen molar-refractivity contribution in [2.45, 2.75) is 27.3 Å². The first-order valence-corrected chi connectivity index (χ1v) is 7.07. The highest BCUT2D eigenvalue weighted by Crippen LogP contribution is 2.20. The molecule has 0 saturated carbocycles. The molecule has 0 aliphatic rings. The Balaban J connectivity index is 1.84. The minimum absolute atomic E-state index is 0.0378. The molecule has 0 heterocycles. The van der Waals surface area contributed by atoms with Gasteiger partial charge < -0.3 is 10.1 Å². The molecule has 1 N–H and O–H groups in total. The fraction of sp³-hybridized carbons (Fsp3) is 0.278. The second-order valence-electron chi connectivity index (χ2n) is 5.25. The average Bonchev–Trinajstić information content (AvgIpc) is 2.47. The van der Waals surface area contributed by atoms with Crippen LogP contribution in [0.2, 0.25) is 0 Å². The van der Waals surface area contributed by atoms with Crippen LogP contribution in [0.3, 0.4) is 0 Å². The van der Waals surface area contributed by atoms with E-state index in [1.54, 1.807) is 0 Å². The molecule has 0 aliphatic carbocycles. The van der Waals surface area contributed by atoms with Gasteiger partial charge in [-0.2, -0.15) is 0 Å². The Kier molecular flexibility index (Phi) is 4.99. The van der Waals surface area contributed by atoms with Gasteiger partial charge in [-0.05, 0) is 43.5 Å². The molecule has 0 fully saturated rings. The largest absolute Gasteiger partial charge is 0.483 e. The smallest absolute Gasteiger partial charge is 0.258 e. The molecular formula is C18H21NO2. The van der Waals surface area contributed by atoms with Crippen LogP contribution in [-0.4, -0.2) is 12.5 Å². The van der Waals surface area contributed by atoms with Crippen molar-refractivity contribution >= 4 is 5.91 Å². The Bertz CT molecular complexity index is 635. The molecule has 0 aliphatic heterocycles. The summed E-state index contributed by atoms with van der Waals surface area (Å²) >= 11 is 0. The predicted octanol–water partition coefficient (Wildman–Crippen LogP) is 3.31. The molecule has 3 heteroatoms. The van der Waals surface area contributed by atoms with E-state index in [0.29, 0.717) is 6.54 Å². The highest BCUT2D eigenvalue weighted by Gasteiger charge is 2.06. The van der Waals surface area contributed by atoms with E-state index in [-0.39, 0.29) is 12.5 Å². The van der Waals surface area contributed by atoms with Crippen molar-refractivity contribution in [1.82, 2.24) is 5.32 Å². The zero-order chi connectivity index (χ0) is 15.2. The lowest BCUT2D eigenvalue weighted by molar-refractivity contribution is -0.123. The van der Waals surface area contributed by atoms with E-state index >= 15 is 0 Å². The molecule has 2 rings (SSSR count). The van der Waals surface area contributed by atoms with Gasteiger partial charge in [-0.15, -0.1) is 0 Å². The average molecular weight is 283 g/mol. The fourth-order valence-corrected chi connectivity index (χ4v) is 2.10. The van der Waals surface area contributed by atoms with Crippen LogP contribution in [0.5, 0.6) is 5.75 Å². The Morgan fingerprint density at radius 2 is 1.86 bits per heavy atom. The van der Waals surface area contributed by atoms with E-state index < -0.39 is 0 Å². The summed E-state index contributed by atoms with van der Waals surface area (Å²) in [5.74, 6) is 0.651. The van der Waals surface area contributed by atoms with Crippen molar-refractivity contribution < 1.29 is 9.53 Å². The lowest BCUT2D eigenvalue weighted by Gasteiger charge is -2.11. The van der Waals surface area contributed by atoms with Crippen LogP contribution in [0.25, 0.3) is 0 Å². The number of benzene rings is 2. The van der Waals surface area contributed by atoms with Gasteiger partial charge in [0.15, 0.2) is 6.61 Å². The molecule has 0 radical (unpaired) electrons. The molecule has 1 amide bonds. The quantitative estimate of drug-likeness (QED) is 0.914. The third-order valence-corrected chi connectivity index (χ3v) is 3.49. The van der Waals surface area contributed by atoms with Crippen LogP contribution in [-0.2, 0) is 11.3 Å². The Morgan fingerprint density at radius 3 is 2.62 bits per heavy atom. The van der Waals surface area contributed by atoms with Crippen LogP contribution in [0.1, 0.15) is 22.3 Å². The highest BCUT2D eigenvalue weighted by atomic mass is 16.5. The molecule has 0 atom stereocenters. The van der Waals surface area contributed by atoms with Gasteiger partial charge in [-0.25, -0.2) is 0 Å². The van der Waals surface area contributed by atoms with Crippen molar-refractivity contribution in [2.75, 3.05) is 6.61 Å². The molecule has 2 aromatic carbocycles. The van der Waals surface area contributed by atoms with Crippen molar-refractivity contribution in [1.29, 1.82) is 0 Å². The first kappa shape index (κ1) is 15.1. The predicted molar refractivity (Wildman–Crippen MR) is 84.4 cm³/mol. The van der Waals surface area contributed by atoms with Gasteiger partial charge in [0.1, 0.15) is 5.75 Å². The second kappa shape index (κ2) is 6.93. The maximum Gasteiger partial charge on any atom is 0.258 e. The molecular weight excluding hydrogens is 262 g/mol. The molecule has 0 aromatic heterocycles. The first-order valence-electron chi connectivity index (χ1n) is 7.07. The van der Waals surface area contributed by atoms with Crippen LogP contribution < -0.4 is 10.1 Å². The number of nitrogens with one attached hydrogen (secondary N) is 1. The molecule has 0 unspecified atom stereocenters. The van der Waals surface area contributed by atoms with Crippen molar-refractivity contribution in [3.63, 3.8) is 0 Å². The van der Waals surface area contributed by atoms with Crippen LogP contribution in [0.15, 0.2) is 42.5 Å². The van der Waals surface area contributed by atoms with Gasteiger partial charge in [0, 0.05) is 6.54 Å². The minimum atomic E-state index is -0.114. The number of hydrogen-bond acceptors (Lipinski definition) is 2. The molecule has 0 spiro atoms. The monoisotopic (exact) mass is 283 g/mol. The van der Waals surface area contributed by atoms with Gasteiger partial charge in [0.2, 0.25) is 0 Å². The summed E-state index contributed by atoms with van der Waals surface area (Å²) in [4.78, 5) is 11.8. The van der Waals surface area contributed by atoms with Crippen LogP contribution in [0, 0.1) is 20.8 Å². The van der Waals surface area contributed by atoms with Crippen molar-refractivity contribution in [3.05, 3.63) is 64.7 Å². The van der Waals surface area contributed by atoms with E-state index in [2.05, 4.69) is 11.4 Å². The topological polar surface area (TPSA) is 38.3 Å². The number of ether oxygens (including phenoxy) is 1. The minimum Gasteiger partial charge on any atom is -0.483 e. The summed E-state index contributed by atoms with van der Waals surface area (Å²) in [5, 5.41) is 2.87. The third kappa shape index (κ3) is 4.35. The highest BCUT2D eigenvalue weighted by molar-refractivity contribution is 5.77. The molecule has 3 nitrogen and oxygen atoms in total. The van der Waals surface area contributed by atoms with Crippen LogP contribution in [0.4, 0.5) is 0 Å². The summed E-state index contributed by atoms with van der Waals surface area (Å²) in [6, 6.07) is 13.9. The summed E-state index contributed by atoms with van der Waals surface area (Å²) in [6.07, 6.45) is 0. The van der Waals surface area contributed by atoms with Gasteiger partial charge >= 0.3 is 0 Å². The van der Waals surface area contributed by atoms with Crippen molar-refractivity contribution in [3.8, 4) is 5.75 Å². The number of rotatable bonds is 5. The number of carbonyl (C=O) groups is 1. The molecule has 110 valence electrons. The lowest BCUT2D eigenvalue weighted by Crippen LogP contribution is -2.28. The van der Waals surface area contributed by atoms with Gasteiger partial charge in [0.25, 0.3) is 5.91 Å². The number of aryl methyl sites for hydroxylation is 2. The summed E-state index contributed by atoms with van der Waals surface area (Å²) < 4.78 is 5.58. The Morgan fingerprint density at radius 1 is 1.10 bits per heavy atom. The molecule has 0 saturated heterocycles. The number of hydrogen-bond donors (Lipinski definition) is 1. The van der Waals surface area contributed by atoms with Gasteiger partial charge in [-0.3, -0.25) is 4.79 Å². The number of amides is 1. The van der Waals surface area contributed by atoms with Crippen LogP contribution >= 0.6 is 0 Å². The van der Waals surface area contributed by atoms with E-state index in [1.165, 1.54) is 5.56 Å². The zero-order valence-corrected chi connectivity index (χ0v) is 12.8. The lowest BCUT2D eigenvalue weighted by atomic mass is 10.1. The summed E-state index contributed by atoms with van der Waals surface area (Å²) in [6.45, 7) is 6.62. The summed E-state index contributed by atoms with van der Waals surface area (Å²) in [7, 11) is 0. The van der Waals surface area contributed by atoms with Gasteiger partial charge in [-0.1, -0.05) is 42.0 Å². The Hall–Kier alpha value is -2.29. The molecule has 21 heavy (non-hydrogen) atoms. The molecule has 2 aromatic rings. The Labute approximate surface area is 126 Å². The van der Waals surface area contributed by atoms with E-state index in [1.807, 2.05) is 57.2 Å². The third-order valence-electron chi connectivity index (χ3n) is 3.49. The maximum absolute atomic E-state index is 11.8. The van der Waals surface area contributed by atoms with Crippen molar-refractivity contribution in [2.24, 2.45) is 0 Å². The second-order valence-corrected chi connectivity index (χ2v) is 5.25. The zero-order valence-electron chi connectivity index (χ0n) is 12.8. The van der Waals surface area contributed by atoms with E-state index in [9.17, 15) is 4.79 Å². The van der Waals surface area contributed by atoms with E-state index in [4.69, 9.17) is 4.74 Å². The van der Waals surface area contributed by atoms with E-state index in [0.717, 1.165) is 22.4 Å². The molecule has 0 bridgehead atoms.